The zero-order chi connectivity index (χ0) is 24.2. The molecule has 0 spiro atoms. The average molecular weight is 537 g/mol. The number of carbonyl (C=O) groups excluding carboxylic acids is 1. The number of β-amino-alcohol motifs (C(OH)–C–C–N with tert-alkyl or cyclic N) is 1. The van der Waals surface area contributed by atoms with Crippen LogP contribution in [0.5, 0.6) is 5.75 Å². The lowest BCUT2D eigenvalue weighted by Crippen LogP contribution is -2.45. The van der Waals surface area contributed by atoms with E-state index in [-0.39, 0.29) is 28.1 Å². The summed E-state index contributed by atoms with van der Waals surface area (Å²) < 4.78 is 29.1. The number of hydrogen-bond acceptors (Lipinski definition) is 6. The van der Waals surface area contributed by atoms with Crippen molar-refractivity contribution < 1.29 is 23.1 Å². The van der Waals surface area contributed by atoms with E-state index in [1.165, 1.54) is 12.1 Å². The van der Waals surface area contributed by atoms with Crippen LogP contribution in [-0.4, -0.2) is 62.7 Å². The van der Waals surface area contributed by atoms with Crippen LogP contribution in [0.3, 0.4) is 0 Å². The molecule has 2 aromatic rings. The molecule has 33 heavy (non-hydrogen) atoms. The first-order valence-corrected chi connectivity index (χ1v) is 12.8. The molecule has 1 heterocycles. The number of piperidine rings is 1. The highest BCUT2D eigenvalue weighted by atomic mass is 35.5. The maximum absolute atomic E-state index is 12.3. The molecule has 2 aromatic carbocycles. The van der Waals surface area contributed by atoms with E-state index >= 15 is 0 Å². The molecule has 4 N–H and O–H groups in total. The van der Waals surface area contributed by atoms with E-state index in [0.717, 1.165) is 32.0 Å². The predicted octanol–water partition coefficient (Wildman–Crippen LogP) is 2.93. The largest absolute Gasteiger partial charge is 0.490 e. The average Bonchev–Trinajstić information content (AvgIpc) is 2.75. The minimum Gasteiger partial charge on any atom is -0.490 e. The number of nitrogens with two attached hydrogens (primary N) is 1. The van der Waals surface area contributed by atoms with Gasteiger partial charge >= 0.3 is 0 Å². The van der Waals surface area contributed by atoms with E-state index < -0.39 is 22.0 Å². The molecule has 1 aliphatic rings. The molecule has 0 aliphatic carbocycles. The molecule has 8 nitrogen and oxygen atoms in total. The zero-order valence-corrected chi connectivity index (χ0v) is 20.6. The van der Waals surface area contributed by atoms with E-state index in [1.54, 1.807) is 18.2 Å². The van der Waals surface area contributed by atoms with Gasteiger partial charge in [-0.15, -0.1) is 0 Å². The quantitative estimate of drug-likeness (QED) is 0.477. The molecular weight excluding hydrogens is 513 g/mol. The fraction of sp³-hybridized carbons (Fsp3) is 0.381. The van der Waals surface area contributed by atoms with Crippen molar-refractivity contribution in [3.63, 3.8) is 0 Å². The van der Waals surface area contributed by atoms with Crippen molar-refractivity contribution in [2.45, 2.75) is 29.9 Å². The Morgan fingerprint density at radius 2 is 1.79 bits per heavy atom. The van der Waals surface area contributed by atoms with Gasteiger partial charge in [0.25, 0.3) is 5.91 Å². The van der Waals surface area contributed by atoms with Crippen molar-refractivity contribution in [1.29, 1.82) is 0 Å². The Balaban J connectivity index is 1.44. The summed E-state index contributed by atoms with van der Waals surface area (Å²) in [5.74, 6) is 0.128. The molecule has 1 amide bonds. The number of carbonyl (C=O) groups is 1. The summed E-state index contributed by atoms with van der Waals surface area (Å²) in [6.07, 6.45) is 0.792. The van der Waals surface area contributed by atoms with Crippen molar-refractivity contribution in [3.05, 3.63) is 57.0 Å². The summed E-state index contributed by atoms with van der Waals surface area (Å²) in [4.78, 5) is 14.1. The fourth-order valence-corrected chi connectivity index (χ4v) is 4.85. The van der Waals surface area contributed by atoms with E-state index in [9.17, 15) is 18.3 Å². The maximum atomic E-state index is 12.3. The summed E-state index contributed by atoms with van der Waals surface area (Å²) in [5.41, 5.74) is 0.0795. The third-order valence-corrected chi connectivity index (χ3v) is 7.33. The van der Waals surface area contributed by atoms with Gasteiger partial charge in [-0.25, -0.2) is 13.6 Å². The molecule has 1 fully saturated rings. The number of amides is 1. The summed E-state index contributed by atoms with van der Waals surface area (Å²) in [6, 6.07) is 8.94. The summed E-state index contributed by atoms with van der Waals surface area (Å²) >= 11 is 17.8. The number of likely N-dealkylation sites (tertiary alicyclic amines) is 1. The Morgan fingerprint density at radius 1 is 1.12 bits per heavy atom. The smallest absolute Gasteiger partial charge is 0.251 e. The van der Waals surface area contributed by atoms with E-state index in [4.69, 9.17) is 44.7 Å². The van der Waals surface area contributed by atoms with Gasteiger partial charge in [-0.1, -0.05) is 34.8 Å². The van der Waals surface area contributed by atoms with Gasteiger partial charge in [-0.05, 0) is 43.2 Å². The molecule has 1 saturated heterocycles. The molecule has 0 aromatic heterocycles. The number of aliphatic hydroxyl groups excluding tert-OH is 1. The summed E-state index contributed by atoms with van der Waals surface area (Å²) in [5, 5.41) is 18.9. The monoisotopic (exact) mass is 535 g/mol. The molecule has 0 radical (unpaired) electrons. The normalized spacial score (nSPS) is 16.4. The predicted molar refractivity (Wildman–Crippen MR) is 128 cm³/mol. The fourth-order valence-electron chi connectivity index (χ4n) is 3.49. The van der Waals surface area contributed by atoms with Crippen molar-refractivity contribution in [3.8, 4) is 5.75 Å². The van der Waals surface area contributed by atoms with E-state index in [1.807, 2.05) is 0 Å². The van der Waals surface area contributed by atoms with Gasteiger partial charge in [0.15, 0.2) is 0 Å². The second-order valence-electron chi connectivity index (χ2n) is 7.75. The Hall–Kier alpha value is -1.59. The van der Waals surface area contributed by atoms with Gasteiger partial charge in [0, 0.05) is 37.8 Å². The lowest BCUT2D eigenvalue weighted by molar-refractivity contribution is 0.0594. The van der Waals surface area contributed by atoms with Gasteiger partial charge in [0.2, 0.25) is 10.0 Å². The van der Waals surface area contributed by atoms with Crippen molar-refractivity contribution in [1.82, 2.24) is 10.2 Å². The number of aliphatic hydroxyl groups is 1. The Bertz CT molecular complexity index is 1110. The number of halogens is 3. The molecular formula is C21H24Cl3N3O5S. The standard InChI is InChI=1S/C21H24Cl3N3O5S/c22-17-4-2-16(10-19(17)24)32-15-5-7-27(8-6-15)12-14(28)11-26-21(29)13-1-3-18(23)20(9-13)33(25,30)31/h1-4,9-10,14-15,28H,5-8,11-12H2,(H,26,29)(H2,25,30,31)/t14-/m1/s1. The van der Waals surface area contributed by atoms with E-state index in [2.05, 4.69) is 10.2 Å². The van der Waals surface area contributed by atoms with Crippen molar-refractivity contribution in [2.24, 2.45) is 5.14 Å². The highest BCUT2D eigenvalue weighted by molar-refractivity contribution is 7.89. The molecule has 1 atom stereocenters. The third kappa shape index (κ3) is 7.45. The lowest BCUT2D eigenvalue weighted by atomic mass is 10.1. The first-order valence-electron chi connectivity index (χ1n) is 10.2. The van der Waals surface area contributed by atoms with Crippen LogP contribution in [0.1, 0.15) is 23.2 Å². The Labute approximate surface area is 207 Å². The van der Waals surface area contributed by atoms with Crippen LogP contribution >= 0.6 is 34.8 Å². The number of nitrogens with one attached hydrogen (secondary N) is 1. The number of sulfonamides is 1. The molecule has 1 aliphatic heterocycles. The van der Waals surface area contributed by atoms with Gasteiger partial charge in [-0.3, -0.25) is 4.79 Å². The SMILES string of the molecule is NS(=O)(=O)c1cc(C(=O)NC[C@@H](O)CN2CCC(Oc3ccc(Cl)c(Cl)c3)CC2)ccc1Cl. The van der Waals surface area contributed by atoms with Gasteiger partial charge < -0.3 is 20.1 Å². The topological polar surface area (TPSA) is 122 Å². The number of rotatable bonds is 8. The molecule has 0 bridgehead atoms. The summed E-state index contributed by atoms with van der Waals surface area (Å²) in [6.45, 7) is 1.84. The third-order valence-electron chi connectivity index (χ3n) is 5.20. The van der Waals surface area contributed by atoms with Crippen LogP contribution in [0.25, 0.3) is 0 Å². The summed E-state index contributed by atoms with van der Waals surface area (Å²) in [7, 11) is -4.06. The minimum absolute atomic E-state index is 0.00582. The van der Waals surface area contributed by atoms with Gasteiger partial charge in [0.05, 0.1) is 21.2 Å². The number of nitrogens with zero attached hydrogens (tertiary/aromatic N) is 1. The van der Waals surface area contributed by atoms with Crippen molar-refractivity contribution in [2.75, 3.05) is 26.2 Å². The van der Waals surface area contributed by atoms with Crippen LogP contribution in [0.4, 0.5) is 0 Å². The number of primary sulfonamides is 1. The second kappa shape index (κ2) is 11.2. The molecule has 3 rings (SSSR count). The first-order chi connectivity index (χ1) is 15.5. The number of ether oxygens (including phenoxy) is 1. The van der Waals surface area contributed by atoms with Gasteiger partial charge in [-0.2, -0.15) is 0 Å². The van der Waals surface area contributed by atoms with Crippen LogP contribution in [0, 0.1) is 0 Å². The van der Waals surface area contributed by atoms with Gasteiger partial charge in [0.1, 0.15) is 16.7 Å². The molecule has 0 unspecified atom stereocenters. The van der Waals surface area contributed by atoms with Crippen LogP contribution in [-0.2, 0) is 10.0 Å². The van der Waals surface area contributed by atoms with Crippen LogP contribution in [0.2, 0.25) is 15.1 Å². The number of benzene rings is 2. The van der Waals surface area contributed by atoms with Crippen LogP contribution in [0.15, 0.2) is 41.3 Å². The lowest BCUT2D eigenvalue weighted by Gasteiger charge is -2.33. The maximum Gasteiger partial charge on any atom is 0.251 e. The Kier molecular flexibility index (Phi) is 8.85. The molecule has 0 saturated carbocycles. The molecule has 12 heteroatoms. The number of hydrogen-bond donors (Lipinski definition) is 3. The van der Waals surface area contributed by atoms with Crippen molar-refractivity contribution >= 4 is 50.7 Å². The van der Waals surface area contributed by atoms with E-state index in [0.29, 0.717) is 22.3 Å². The molecule has 180 valence electrons. The first kappa shape index (κ1) is 26.0. The van der Waals surface area contributed by atoms with Crippen LogP contribution < -0.4 is 15.2 Å². The highest BCUT2D eigenvalue weighted by Gasteiger charge is 2.23. The second-order valence-corrected chi connectivity index (χ2v) is 10.5. The highest BCUT2D eigenvalue weighted by Crippen LogP contribution is 2.28. The Morgan fingerprint density at radius 3 is 2.42 bits per heavy atom. The zero-order valence-electron chi connectivity index (χ0n) is 17.5. The minimum atomic E-state index is -4.06.